The van der Waals surface area contributed by atoms with Gasteiger partial charge in [-0.25, -0.2) is 0 Å². The first kappa shape index (κ1) is 14.2. The van der Waals surface area contributed by atoms with E-state index in [9.17, 15) is 19.2 Å². The second-order valence-electron chi connectivity index (χ2n) is 5.21. The second kappa shape index (κ2) is 4.94. The van der Waals surface area contributed by atoms with Crippen molar-refractivity contribution in [1.29, 1.82) is 0 Å². The largest absolute Gasteiger partial charge is 0.496 e. The zero-order valence-corrected chi connectivity index (χ0v) is 12.2. The van der Waals surface area contributed by atoms with Crippen molar-refractivity contribution in [2.45, 2.75) is 18.9 Å². The number of benzene rings is 1. The predicted octanol–water partition coefficient (Wildman–Crippen LogP) is 0.439. The molecule has 114 valence electrons. The van der Waals surface area contributed by atoms with Crippen LogP contribution in [0.15, 0.2) is 18.2 Å². The van der Waals surface area contributed by atoms with E-state index in [4.69, 9.17) is 4.74 Å². The van der Waals surface area contributed by atoms with Crippen LogP contribution in [-0.4, -0.2) is 53.6 Å². The molecule has 0 aromatic heterocycles. The minimum Gasteiger partial charge on any atom is -0.496 e. The maximum Gasteiger partial charge on any atom is 0.266 e. The standard InChI is InChI=1S/C15H14N2O5/c1-16-11(18)7-6-9(14(16)20)17-13(19)8-4-3-5-10(22-2)12(8)15(17)21/h3-5,9H,6-7H2,1-2H3. The summed E-state index contributed by atoms with van der Waals surface area (Å²) in [5.74, 6) is -1.63. The Bertz CT molecular complexity index is 712. The summed E-state index contributed by atoms with van der Waals surface area (Å²) in [5, 5.41) is 0. The van der Waals surface area contributed by atoms with Gasteiger partial charge in [0.1, 0.15) is 11.8 Å². The number of hydrogen-bond acceptors (Lipinski definition) is 5. The molecule has 22 heavy (non-hydrogen) atoms. The van der Waals surface area contributed by atoms with Crippen LogP contribution in [0.3, 0.4) is 0 Å². The van der Waals surface area contributed by atoms with Crippen molar-refractivity contribution in [2.75, 3.05) is 14.2 Å². The highest BCUT2D eigenvalue weighted by Gasteiger charge is 2.47. The Balaban J connectivity index is 2.01. The third kappa shape index (κ3) is 1.82. The topological polar surface area (TPSA) is 84.0 Å². The van der Waals surface area contributed by atoms with Gasteiger partial charge in [-0.05, 0) is 18.6 Å². The number of carbonyl (C=O) groups is 4. The molecule has 2 aliphatic rings. The molecular weight excluding hydrogens is 288 g/mol. The van der Waals surface area contributed by atoms with E-state index in [1.54, 1.807) is 12.1 Å². The molecule has 1 fully saturated rings. The van der Waals surface area contributed by atoms with Crippen molar-refractivity contribution >= 4 is 23.6 Å². The number of ether oxygens (including phenoxy) is 1. The van der Waals surface area contributed by atoms with E-state index in [1.165, 1.54) is 20.2 Å². The van der Waals surface area contributed by atoms with Crippen LogP contribution < -0.4 is 4.74 Å². The number of rotatable bonds is 2. The number of imide groups is 2. The van der Waals surface area contributed by atoms with Crippen molar-refractivity contribution < 1.29 is 23.9 Å². The molecule has 0 bridgehead atoms. The first-order chi connectivity index (χ1) is 10.5. The monoisotopic (exact) mass is 302 g/mol. The Morgan fingerprint density at radius 3 is 2.55 bits per heavy atom. The molecule has 1 aromatic carbocycles. The molecule has 0 N–H and O–H groups in total. The van der Waals surface area contributed by atoms with E-state index >= 15 is 0 Å². The average Bonchev–Trinajstić information content (AvgIpc) is 2.77. The molecule has 4 amide bonds. The van der Waals surface area contributed by atoms with Gasteiger partial charge in [0.2, 0.25) is 5.91 Å². The van der Waals surface area contributed by atoms with E-state index in [0.29, 0.717) is 5.75 Å². The molecule has 0 saturated carbocycles. The van der Waals surface area contributed by atoms with Crippen LogP contribution in [-0.2, 0) is 9.59 Å². The zero-order chi connectivity index (χ0) is 16.0. The highest BCUT2D eigenvalue weighted by atomic mass is 16.5. The lowest BCUT2D eigenvalue weighted by Gasteiger charge is -2.32. The van der Waals surface area contributed by atoms with Gasteiger partial charge in [-0.1, -0.05) is 6.07 Å². The third-order valence-electron chi connectivity index (χ3n) is 4.06. The number of likely N-dealkylation sites (N-methyl/N-ethyl adjacent to an activating group) is 1. The molecule has 1 atom stereocenters. The molecule has 7 nitrogen and oxygen atoms in total. The van der Waals surface area contributed by atoms with E-state index < -0.39 is 23.8 Å². The Hall–Kier alpha value is -2.70. The molecule has 0 aliphatic carbocycles. The summed E-state index contributed by atoms with van der Waals surface area (Å²) >= 11 is 0. The van der Waals surface area contributed by atoms with Gasteiger partial charge in [0, 0.05) is 13.5 Å². The summed E-state index contributed by atoms with van der Waals surface area (Å²) in [4.78, 5) is 50.8. The summed E-state index contributed by atoms with van der Waals surface area (Å²) in [6, 6.07) is 3.79. The lowest BCUT2D eigenvalue weighted by atomic mass is 10.0. The molecule has 1 aromatic rings. The highest BCUT2D eigenvalue weighted by molar-refractivity contribution is 6.24. The Labute approximate surface area is 126 Å². The molecule has 0 radical (unpaired) electrons. The lowest BCUT2D eigenvalue weighted by Crippen LogP contribution is -2.54. The Morgan fingerprint density at radius 1 is 1.14 bits per heavy atom. The van der Waals surface area contributed by atoms with Crippen molar-refractivity contribution in [3.63, 3.8) is 0 Å². The van der Waals surface area contributed by atoms with E-state index in [-0.39, 0.29) is 29.9 Å². The molecule has 2 aliphatic heterocycles. The van der Waals surface area contributed by atoms with Crippen LogP contribution in [0.25, 0.3) is 0 Å². The van der Waals surface area contributed by atoms with Gasteiger partial charge in [-0.2, -0.15) is 0 Å². The number of carbonyl (C=O) groups excluding carboxylic acids is 4. The number of fused-ring (bicyclic) bond motifs is 1. The summed E-state index contributed by atoms with van der Waals surface area (Å²) in [5.41, 5.74) is 0.388. The fraction of sp³-hybridized carbons (Fsp3) is 0.333. The highest BCUT2D eigenvalue weighted by Crippen LogP contribution is 2.33. The normalized spacial score (nSPS) is 21.5. The van der Waals surface area contributed by atoms with E-state index in [0.717, 1.165) is 9.80 Å². The van der Waals surface area contributed by atoms with Crippen molar-refractivity contribution in [1.82, 2.24) is 9.80 Å². The summed E-state index contributed by atoms with van der Waals surface area (Å²) in [7, 11) is 2.77. The van der Waals surface area contributed by atoms with Gasteiger partial charge in [0.15, 0.2) is 0 Å². The quantitative estimate of drug-likeness (QED) is 0.740. The fourth-order valence-electron chi connectivity index (χ4n) is 2.86. The zero-order valence-electron chi connectivity index (χ0n) is 12.2. The van der Waals surface area contributed by atoms with Crippen LogP contribution in [0, 0.1) is 0 Å². The smallest absolute Gasteiger partial charge is 0.266 e. The maximum absolute atomic E-state index is 12.6. The minimum atomic E-state index is -0.945. The summed E-state index contributed by atoms with van der Waals surface area (Å²) < 4.78 is 5.13. The Morgan fingerprint density at radius 2 is 1.86 bits per heavy atom. The van der Waals surface area contributed by atoms with Gasteiger partial charge in [0.05, 0.1) is 18.2 Å². The van der Waals surface area contributed by atoms with Gasteiger partial charge in [0.25, 0.3) is 17.7 Å². The van der Waals surface area contributed by atoms with Gasteiger partial charge in [-0.3, -0.25) is 29.0 Å². The number of nitrogens with zero attached hydrogens (tertiary/aromatic N) is 2. The van der Waals surface area contributed by atoms with Crippen LogP contribution in [0.4, 0.5) is 0 Å². The first-order valence-electron chi connectivity index (χ1n) is 6.82. The summed E-state index contributed by atoms with van der Waals surface area (Å²) in [6.45, 7) is 0. The van der Waals surface area contributed by atoms with Crippen LogP contribution >= 0.6 is 0 Å². The maximum atomic E-state index is 12.6. The van der Waals surface area contributed by atoms with Crippen molar-refractivity contribution in [2.24, 2.45) is 0 Å². The summed E-state index contributed by atoms with van der Waals surface area (Å²) in [6.07, 6.45) is 0.271. The van der Waals surface area contributed by atoms with Gasteiger partial charge >= 0.3 is 0 Å². The van der Waals surface area contributed by atoms with Gasteiger partial charge < -0.3 is 4.74 Å². The van der Waals surface area contributed by atoms with Crippen LogP contribution in [0.5, 0.6) is 5.75 Å². The number of amides is 4. The van der Waals surface area contributed by atoms with Crippen molar-refractivity contribution in [3.8, 4) is 5.75 Å². The van der Waals surface area contributed by atoms with Crippen LogP contribution in [0.2, 0.25) is 0 Å². The number of hydrogen-bond donors (Lipinski definition) is 0. The third-order valence-corrected chi connectivity index (χ3v) is 4.06. The minimum absolute atomic E-state index is 0.122. The van der Waals surface area contributed by atoms with Crippen molar-refractivity contribution in [3.05, 3.63) is 29.3 Å². The molecule has 7 heteroatoms. The van der Waals surface area contributed by atoms with Gasteiger partial charge in [-0.15, -0.1) is 0 Å². The number of piperidine rings is 1. The molecular formula is C15H14N2O5. The molecule has 1 saturated heterocycles. The Kier molecular flexibility index (Phi) is 3.20. The SMILES string of the molecule is COc1cccc2c1C(=O)N(C1CCC(=O)N(C)C1=O)C2=O. The fourth-order valence-corrected chi connectivity index (χ4v) is 2.86. The number of methoxy groups -OCH3 is 1. The molecule has 3 rings (SSSR count). The number of likely N-dealkylation sites (tertiary alicyclic amines) is 1. The molecule has 0 spiro atoms. The average molecular weight is 302 g/mol. The second-order valence-corrected chi connectivity index (χ2v) is 5.21. The van der Waals surface area contributed by atoms with Crippen LogP contribution in [0.1, 0.15) is 33.6 Å². The van der Waals surface area contributed by atoms with E-state index in [2.05, 4.69) is 0 Å². The van der Waals surface area contributed by atoms with E-state index in [1.807, 2.05) is 0 Å². The first-order valence-corrected chi connectivity index (χ1v) is 6.82. The lowest BCUT2D eigenvalue weighted by molar-refractivity contribution is -0.149. The molecule has 1 unspecified atom stereocenters. The molecule has 2 heterocycles. The predicted molar refractivity (Wildman–Crippen MR) is 74.3 cm³/mol.